The Morgan fingerprint density at radius 2 is 2.15 bits per heavy atom. The summed E-state index contributed by atoms with van der Waals surface area (Å²) in [7, 11) is 0. The average molecular weight is 280 g/mol. The lowest BCUT2D eigenvalue weighted by molar-refractivity contribution is -0.186. The van der Waals surface area contributed by atoms with Crippen LogP contribution in [-0.2, 0) is 14.3 Å². The maximum Gasteiger partial charge on any atom is 0.302 e. The molecule has 0 aromatic rings. The maximum absolute atomic E-state index is 11.2. The highest BCUT2D eigenvalue weighted by Gasteiger charge is 2.54. The molecule has 1 heterocycles. The molecule has 5 unspecified atom stereocenters. The summed E-state index contributed by atoms with van der Waals surface area (Å²) in [5, 5.41) is 0. The van der Waals surface area contributed by atoms with Crippen LogP contribution >= 0.6 is 0 Å². The topological polar surface area (TPSA) is 35.5 Å². The monoisotopic (exact) mass is 280 g/mol. The van der Waals surface area contributed by atoms with E-state index in [9.17, 15) is 4.79 Å². The van der Waals surface area contributed by atoms with Crippen LogP contribution < -0.4 is 0 Å². The normalized spacial score (nSPS) is 40.5. The predicted molar refractivity (Wildman–Crippen MR) is 79.2 cm³/mol. The minimum absolute atomic E-state index is 0.0682. The molecule has 1 aliphatic heterocycles. The fraction of sp³-hybridized carbons (Fsp3) is 0.824. The number of allylic oxidation sites excluding steroid dienone is 1. The Hall–Kier alpha value is -0.830. The molecule has 0 aromatic heterocycles. The maximum atomic E-state index is 11.2. The van der Waals surface area contributed by atoms with Crippen LogP contribution in [0.1, 0.15) is 41.5 Å². The zero-order valence-corrected chi connectivity index (χ0v) is 13.6. The van der Waals surface area contributed by atoms with Crippen molar-refractivity contribution in [2.45, 2.75) is 47.6 Å². The molecule has 0 N–H and O–H groups in total. The largest absolute Gasteiger partial charge is 0.465 e. The Labute approximate surface area is 122 Å². The number of rotatable bonds is 3. The van der Waals surface area contributed by atoms with Crippen molar-refractivity contribution < 1.29 is 14.3 Å². The third-order valence-electron chi connectivity index (χ3n) is 5.49. The Bertz CT molecular complexity index is 412. The molecule has 0 radical (unpaired) electrons. The minimum Gasteiger partial charge on any atom is -0.465 e. The number of ether oxygens (including phenoxy) is 2. The second-order valence-electron chi connectivity index (χ2n) is 7.05. The minimum atomic E-state index is -0.201. The predicted octanol–water partition coefficient (Wildman–Crippen LogP) is 3.44. The Morgan fingerprint density at radius 3 is 2.70 bits per heavy atom. The molecular formula is C17H28O3. The molecule has 0 aromatic carbocycles. The van der Waals surface area contributed by atoms with E-state index in [0.29, 0.717) is 36.9 Å². The van der Waals surface area contributed by atoms with E-state index in [2.05, 4.69) is 40.7 Å². The highest BCUT2D eigenvalue weighted by Crippen LogP contribution is 2.53. The molecule has 3 heteroatoms. The molecule has 0 amide bonds. The van der Waals surface area contributed by atoms with Crippen molar-refractivity contribution in [1.82, 2.24) is 0 Å². The van der Waals surface area contributed by atoms with Gasteiger partial charge in [-0.25, -0.2) is 0 Å². The lowest BCUT2D eigenvalue weighted by Gasteiger charge is -2.56. The van der Waals surface area contributed by atoms with E-state index in [1.807, 2.05) is 0 Å². The lowest BCUT2D eigenvalue weighted by atomic mass is 9.55. The molecule has 2 bridgehead atoms. The van der Waals surface area contributed by atoms with Gasteiger partial charge in [0.15, 0.2) is 0 Å². The van der Waals surface area contributed by atoms with Crippen LogP contribution in [0.15, 0.2) is 11.6 Å². The van der Waals surface area contributed by atoms with Gasteiger partial charge in [-0.15, -0.1) is 0 Å². The first-order chi connectivity index (χ1) is 9.29. The van der Waals surface area contributed by atoms with E-state index in [4.69, 9.17) is 9.47 Å². The van der Waals surface area contributed by atoms with Gasteiger partial charge in [0.25, 0.3) is 0 Å². The summed E-state index contributed by atoms with van der Waals surface area (Å²) in [5.41, 5.74) is 1.36. The van der Waals surface area contributed by atoms with Crippen LogP contribution in [0.2, 0.25) is 0 Å². The van der Waals surface area contributed by atoms with E-state index in [0.717, 1.165) is 0 Å². The third-order valence-corrected chi connectivity index (χ3v) is 5.49. The van der Waals surface area contributed by atoms with E-state index >= 15 is 0 Å². The van der Waals surface area contributed by atoms with E-state index < -0.39 is 0 Å². The number of hydrogen-bond acceptors (Lipinski definition) is 3. The Morgan fingerprint density at radius 1 is 1.50 bits per heavy atom. The van der Waals surface area contributed by atoms with Gasteiger partial charge in [-0.2, -0.15) is 0 Å². The van der Waals surface area contributed by atoms with Crippen molar-refractivity contribution in [2.24, 2.45) is 29.1 Å². The summed E-state index contributed by atoms with van der Waals surface area (Å²) in [6.07, 6.45) is 2.64. The number of hydrogen-bond donors (Lipinski definition) is 0. The van der Waals surface area contributed by atoms with Gasteiger partial charge in [0.2, 0.25) is 0 Å². The second-order valence-corrected chi connectivity index (χ2v) is 7.05. The molecule has 1 aliphatic carbocycles. The second kappa shape index (κ2) is 5.51. The van der Waals surface area contributed by atoms with Gasteiger partial charge < -0.3 is 9.47 Å². The van der Waals surface area contributed by atoms with E-state index in [-0.39, 0.29) is 17.5 Å². The summed E-state index contributed by atoms with van der Waals surface area (Å²) in [6.45, 7) is 13.8. The first-order valence-corrected chi connectivity index (χ1v) is 7.73. The molecule has 2 rings (SSSR count). The number of fused-ring (bicyclic) bond motifs is 2. The van der Waals surface area contributed by atoms with Crippen molar-refractivity contribution in [3.8, 4) is 0 Å². The summed E-state index contributed by atoms with van der Waals surface area (Å²) in [5.74, 6) is 1.60. The molecule has 3 nitrogen and oxygen atoms in total. The third kappa shape index (κ3) is 2.41. The number of carbonyl (C=O) groups is 1. The van der Waals surface area contributed by atoms with Crippen LogP contribution in [-0.4, -0.2) is 25.3 Å². The van der Waals surface area contributed by atoms with Gasteiger partial charge in [-0.05, 0) is 24.7 Å². The summed E-state index contributed by atoms with van der Waals surface area (Å²) in [4.78, 5) is 11.2. The van der Waals surface area contributed by atoms with Crippen molar-refractivity contribution in [1.29, 1.82) is 0 Å². The van der Waals surface area contributed by atoms with Gasteiger partial charge in [0.1, 0.15) is 0 Å². The quantitative estimate of drug-likeness (QED) is 0.587. The average Bonchev–Trinajstić information content (AvgIpc) is 2.34. The molecule has 0 saturated carbocycles. The Balaban J connectivity index is 2.33. The van der Waals surface area contributed by atoms with Crippen LogP contribution in [0, 0.1) is 29.1 Å². The number of carbonyl (C=O) groups excluding carboxylic acids is 1. The first-order valence-electron chi connectivity index (χ1n) is 7.73. The molecule has 2 aliphatic rings. The van der Waals surface area contributed by atoms with Crippen LogP contribution in [0.5, 0.6) is 0 Å². The van der Waals surface area contributed by atoms with Crippen LogP contribution in [0.3, 0.4) is 0 Å². The zero-order valence-electron chi connectivity index (χ0n) is 13.6. The van der Waals surface area contributed by atoms with E-state index in [1.165, 1.54) is 12.5 Å². The molecule has 5 atom stereocenters. The lowest BCUT2D eigenvalue weighted by Crippen LogP contribution is -2.57. The molecule has 0 spiro atoms. The highest BCUT2D eigenvalue weighted by molar-refractivity contribution is 5.65. The van der Waals surface area contributed by atoms with Crippen molar-refractivity contribution in [2.75, 3.05) is 13.2 Å². The molecule has 1 saturated heterocycles. The SMILES string of the molecule is CC(=O)OCC12COC(C(C)C)C(C(C)=CC1C)C2C. The summed E-state index contributed by atoms with van der Waals surface area (Å²) >= 11 is 0. The molecule has 20 heavy (non-hydrogen) atoms. The smallest absolute Gasteiger partial charge is 0.302 e. The van der Waals surface area contributed by atoms with Crippen molar-refractivity contribution >= 4 is 5.97 Å². The van der Waals surface area contributed by atoms with Gasteiger partial charge in [-0.1, -0.05) is 39.3 Å². The van der Waals surface area contributed by atoms with E-state index in [1.54, 1.807) is 0 Å². The number of esters is 1. The zero-order chi connectivity index (χ0) is 15.1. The molecule has 114 valence electrons. The Kier molecular flexibility index (Phi) is 4.29. The molecular weight excluding hydrogens is 252 g/mol. The summed E-state index contributed by atoms with van der Waals surface area (Å²) in [6, 6.07) is 0. The van der Waals surface area contributed by atoms with Gasteiger partial charge in [0.05, 0.1) is 19.3 Å². The van der Waals surface area contributed by atoms with Crippen molar-refractivity contribution in [3.05, 3.63) is 11.6 Å². The summed E-state index contributed by atoms with van der Waals surface area (Å²) < 4.78 is 11.6. The standard InChI is InChI=1S/C17H28O3/c1-10(2)16-15-11(3)7-12(4)17(9-20-16,13(15)5)8-19-14(6)18/h7,10,12-13,15-16H,8-9H2,1-6H3. The van der Waals surface area contributed by atoms with Gasteiger partial charge >= 0.3 is 5.97 Å². The van der Waals surface area contributed by atoms with Gasteiger partial charge in [-0.3, -0.25) is 4.79 Å². The van der Waals surface area contributed by atoms with Gasteiger partial charge in [0, 0.05) is 18.3 Å². The van der Waals surface area contributed by atoms with Crippen LogP contribution in [0.4, 0.5) is 0 Å². The van der Waals surface area contributed by atoms with Crippen molar-refractivity contribution in [3.63, 3.8) is 0 Å². The highest BCUT2D eigenvalue weighted by atomic mass is 16.5. The fourth-order valence-electron chi connectivity index (χ4n) is 4.15. The van der Waals surface area contributed by atoms with Crippen LogP contribution in [0.25, 0.3) is 0 Å². The first kappa shape index (κ1) is 15.6. The fourth-order valence-corrected chi connectivity index (χ4v) is 4.15. The molecule has 1 fully saturated rings.